The van der Waals surface area contributed by atoms with Crippen molar-refractivity contribution in [2.24, 2.45) is 10.9 Å². The zero-order valence-corrected chi connectivity index (χ0v) is 11.4. The molecule has 1 N–H and O–H groups in total. The Hall–Kier alpha value is -1.45. The Kier molecular flexibility index (Phi) is 4.67. The summed E-state index contributed by atoms with van der Waals surface area (Å²) in [7, 11) is 1.85. The lowest BCUT2D eigenvalue weighted by molar-refractivity contribution is 0.273. The lowest BCUT2D eigenvalue weighted by Gasteiger charge is -2.32. The van der Waals surface area contributed by atoms with E-state index < -0.39 is 0 Å². The van der Waals surface area contributed by atoms with Gasteiger partial charge in [0.1, 0.15) is 5.76 Å². The molecule has 0 aromatic carbocycles. The van der Waals surface area contributed by atoms with Crippen LogP contribution in [0.5, 0.6) is 0 Å². The second-order valence-corrected chi connectivity index (χ2v) is 4.97. The molecule has 0 bridgehead atoms. The van der Waals surface area contributed by atoms with Gasteiger partial charge in [-0.2, -0.15) is 0 Å². The fourth-order valence-electron chi connectivity index (χ4n) is 2.31. The van der Waals surface area contributed by atoms with Crippen molar-refractivity contribution >= 4 is 5.96 Å². The SMILES string of the molecule is CN=C(NCCc1ccco1)N1CCC(C)CC1. The lowest BCUT2D eigenvalue weighted by atomic mass is 10.00. The molecule has 18 heavy (non-hydrogen) atoms. The Balaban J connectivity index is 1.75. The van der Waals surface area contributed by atoms with Gasteiger partial charge in [0, 0.05) is 33.1 Å². The molecule has 4 heteroatoms. The molecule has 0 amide bonds. The van der Waals surface area contributed by atoms with Gasteiger partial charge >= 0.3 is 0 Å². The van der Waals surface area contributed by atoms with Crippen molar-refractivity contribution < 1.29 is 4.42 Å². The van der Waals surface area contributed by atoms with Gasteiger partial charge in [0.2, 0.25) is 0 Å². The molecule has 1 aromatic rings. The molecule has 1 saturated heterocycles. The van der Waals surface area contributed by atoms with Crippen LogP contribution in [0.3, 0.4) is 0 Å². The van der Waals surface area contributed by atoms with Crippen LogP contribution in [0.15, 0.2) is 27.8 Å². The molecule has 1 aromatic heterocycles. The molecule has 0 spiro atoms. The number of likely N-dealkylation sites (tertiary alicyclic amines) is 1. The molecule has 0 unspecified atom stereocenters. The van der Waals surface area contributed by atoms with Gasteiger partial charge < -0.3 is 14.6 Å². The number of aliphatic imine (C=N–C) groups is 1. The highest BCUT2D eigenvalue weighted by Gasteiger charge is 2.18. The van der Waals surface area contributed by atoms with Crippen LogP contribution in [0, 0.1) is 5.92 Å². The fourth-order valence-corrected chi connectivity index (χ4v) is 2.31. The van der Waals surface area contributed by atoms with Gasteiger partial charge in [0.05, 0.1) is 6.26 Å². The summed E-state index contributed by atoms with van der Waals surface area (Å²) in [5, 5.41) is 3.41. The van der Waals surface area contributed by atoms with E-state index in [0.29, 0.717) is 0 Å². The summed E-state index contributed by atoms with van der Waals surface area (Å²) in [6.07, 6.45) is 5.14. The Bertz CT molecular complexity index is 364. The maximum Gasteiger partial charge on any atom is 0.193 e. The first-order valence-electron chi connectivity index (χ1n) is 6.77. The largest absolute Gasteiger partial charge is 0.469 e. The summed E-state index contributed by atoms with van der Waals surface area (Å²) in [5.74, 6) is 2.89. The van der Waals surface area contributed by atoms with Crippen molar-refractivity contribution in [1.82, 2.24) is 10.2 Å². The third-order valence-electron chi connectivity index (χ3n) is 3.53. The Morgan fingerprint density at radius 3 is 2.89 bits per heavy atom. The van der Waals surface area contributed by atoms with Crippen molar-refractivity contribution in [1.29, 1.82) is 0 Å². The first kappa shape index (κ1) is 13.0. The van der Waals surface area contributed by atoms with E-state index in [2.05, 4.69) is 22.1 Å². The smallest absolute Gasteiger partial charge is 0.193 e. The van der Waals surface area contributed by atoms with Gasteiger partial charge in [-0.3, -0.25) is 4.99 Å². The minimum Gasteiger partial charge on any atom is -0.469 e. The maximum atomic E-state index is 5.32. The zero-order chi connectivity index (χ0) is 12.8. The van der Waals surface area contributed by atoms with Crippen LogP contribution in [-0.2, 0) is 6.42 Å². The number of guanidine groups is 1. The molecule has 1 aliphatic rings. The van der Waals surface area contributed by atoms with Crippen molar-refractivity contribution in [2.75, 3.05) is 26.7 Å². The highest BCUT2D eigenvalue weighted by atomic mass is 16.3. The van der Waals surface area contributed by atoms with Gasteiger partial charge in [-0.25, -0.2) is 0 Å². The lowest BCUT2D eigenvalue weighted by Crippen LogP contribution is -2.45. The van der Waals surface area contributed by atoms with Crippen LogP contribution in [-0.4, -0.2) is 37.5 Å². The normalized spacial score (nSPS) is 18.1. The summed E-state index contributed by atoms with van der Waals surface area (Å²) < 4.78 is 5.32. The molecule has 1 aliphatic heterocycles. The number of hydrogen-bond donors (Lipinski definition) is 1. The number of piperidine rings is 1. The average molecular weight is 249 g/mol. The average Bonchev–Trinajstić information content (AvgIpc) is 2.89. The summed E-state index contributed by atoms with van der Waals surface area (Å²) in [5.41, 5.74) is 0. The van der Waals surface area contributed by atoms with Gasteiger partial charge in [0.15, 0.2) is 5.96 Å². The molecule has 100 valence electrons. The molecular weight excluding hydrogens is 226 g/mol. The quantitative estimate of drug-likeness (QED) is 0.659. The Morgan fingerprint density at radius 1 is 1.50 bits per heavy atom. The molecule has 0 saturated carbocycles. The van der Waals surface area contributed by atoms with Crippen LogP contribution in [0.1, 0.15) is 25.5 Å². The molecular formula is C14H23N3O. The second kappa shape index (κ2) is 6.47. The molecule has 2 rings (SSSR count). The van der Waals surface area contributed by atoms with E-state index >= 15 is 0 Å². The molecule has 0 aliphatic carbocycles. The third-order valence-corrected chi connectivity index (χ3v) is 3.53. The third kappa shape index (κ3) is 3.52. The second-order valence-electron chi connectivity index (χ2n) is 4.97. The van der Waals surface area contributed by atoms with E-state index in [1.807, 2.05) is 19.2 Å². The first-order valence-corrected chi connectivity index (χ1v) is 6.77. The number of nitrogens with zero attached hydrogens (tertiary/aromatic N) is 2. The van der Waals surface area contributed by atoms with Crippen molar-refractivity contribution in [2.45, 2.75) is 26.2 Å². The van der Waals surface area contributed by atoms with Crippen molar-refractivity contribution in [3.05, 3.63) is 24.2 Å². The Labute approximate surface area is 109 Å². The van der Waals surface area contributed by atoms with E-state index in [4.69, 9.17) is 4.42 Å². The number of nitrogens with one attached hydrogen (secondary N) is 1. The summed E-state index contributed by atoms with van der Waals surface area (Å²) >= 11 is 0. The van der Waals surface area contributed by atoms with Crippen molar-refractivity contribution in [3.63, 3.8) is 0 Å². The van der Waals surface area contributed by atoms with Crippen LogP contribution in [0.4, 0.5) is 0 Å². The predicted molar refractivity (Wildman–Crippen MR) is 73.7 cm³/mol. The number of furan rings is 1. The van der Waals surface area contributed by atoms with E-state index in [-0.39, 0.29) is 0 Å². The minimum absolute atomic E-state index is 0.850. The van der Waals surface area contributed by atoms with E-state index in [1.54, 1.807) is 6.26 Å². The van der Waals surface area contributed by atoms with Crippen LogP contribution < -0.4 is 5.32 Å². The molecule has 0 radical (unpaired) electrons. The highest BCUT2D eigenvalue weighted by molar-refractivity contribution is 5.79. The van der Waals surface area contributed by atoms with E-state index in [9.17, 15) is 0 Å². The summed E-state index contributed by atoms with van der Waals surface area (Å²) in [4.78, 5) is 6.71. The molecule has 4 nitrogen and oxygen atoms in total. The number of hydrogen-bond acceptors (Lipinski definition) is 2. The first-order chi connectivity index (χ1) is 8.79. The zero-order valence-electron chi connectivity index (χ0n) is 11.4. The minimum atomic E-state index is 0.850. The standard InChI is InChI=1S/C14H23N3O/c1-12-6-9-17(10-7-12)14(15-2)16-8-5-13-4-3-11-18-13/h3-4,11-12H,5-10H2,1-2H3,(H,15,16). The van der Waals surface area contributed by atoms with Crippen LogP contribution in [0.2, 0.25) is 0 Å². The van der Waals surface area contributed by atoms with E-state index in [0.717, 1.165) is 43.7 Å². The van der Waals surface area contributed by atoms with Gasteiger partial charge in [0.25, 0.3) is 0 Å². The molecule has 1 fully saturated rings. The maximum absolute atomic E-state index is 5.32. The summed E-state index contributed by atoms with van der Waals surface area (Å²) in [6.45, 7) is 5.42. The highest BCUT2D eigenvalue weighted by Crippen LogP contribution is 2.15. The van der Waals surface area contributed by atoms with Gasteiger partial charge in [-0.1, -0.05) is 6.92 Å². The fraction of sp³-hybridized carbons (Fsp3) is 0.643. The van der Waals surface area contributed by atoms with Crippen molar-refractivity contribution in [3.8, 4) is 0 Å². The predicted octanol–water partition coefficient (Wildman–Crippen LogP) is 2.13. The monoisotopic (exact) mass is 249 g/mol. The summed E-state index contributed by atoms with van der Waals surface area (Å²) in [6, 6.07) is 3.93. The van der Waals surface area contributed by atoms with Crippen LogP contribution >= 0.6 is 0 Å². The Morgan fingerprint density at radius 2 is 2.28 bits per heavy atom. The van der Waals surface area contributed by atoms with Crippen LogP contribution in [0.25, 0.3) is 0 Å². The number of rotatable bonds is 3. The molecule has 0 atom stereocenters. The van der Waals surface area contributed by atoms with E-state index in [1.165, 1.54) is 12.8 Å². The van der Waals surface area contributed by atoms with Gasteiger partial charge in [-0.15, -0.1) is 0 Å². The van der Waals surface area contributed by atoms with Gasteiger partial charge in [-0.05, 0) is 30.9 Å². The topological polar surface area (TPSA) is 40.8 Å². The molecule has 2 heterocycles.